The normalized spacial score (nSPS) is 12.4. The van der Waals surface area contributed by atoms with Crippen LogP contribution in [0.2, 0.25) is 5.02 Å². The van der Waals surface area contributed by atoms with Crippen LogP contribution in [0.1, 0.15) is 12.5 Å². The van der Waals surface area contributed by atoms with Gasteiger partial charge in [-0.2, -0.15) is 0 Å². The number of rotatable bonds is 4. The van der Waals surface area contributed by atoms with E-state index < -0.39 is 0 Å². The molecular formula is C14H15ClN2S. The average Bonchev–Trinajstić information content (AvgIpc) is 2.34. The predicted octanol–water partition coefficient (Wildman–Crippen LogP) is 3.78. The summed E-state index contributed by atoms with van der Waals surface area (Å²) in [5, 5.41) is 1.74. The lowest BCUT2D eigenvalue weighted by Crippen LogP contribution is -2.18. The summed E-state index contributed by atoms with van der Waals surface area (Å²) in [6, 6.07) is 11.9. The molecule has 1 atom stereocenters. The lowest BCUT2D eigenvalue weighted by atomic mass is 10.1. The monoisotopic (exact) mass is 278 g/mol. The standard InChI is InChI=1S/C14H15ClN2S/c1-10(16)9-11-12(15)5-4-6-13(11)18-14-7-2-3-8-17-14/h2-8,10H,9,16H2,1H3. The number of pyridine rings is 1. The molecule has 0 amide bonds. The van der Waals surface area contributed by atoms with Gasteiger partial charge in [-0.25, -0.2) is 4.98 Å². The molecule has 0 aliphatic carbocycles. The average molecular weight is 279 g/mol. The highest BCUT2D eigenvalue weighted by Crippen LogP contribution is 2.33. The minimum Gasteiger partial charge on any atom is -0.328 e. The number of halogens is 1. The highest BCUT2D eigenvalue weighted by molar-refractivity contribution is 7.99. The minimum atomic E-state index is 0.0907. The summed E-state index contributed by atoms with van der Waals surface area (Å²) < 4.78 is 0. The first kappa shape index (κ1) is 13.4. The third kappa shape index (κ3) is 3.48. The fourth-order valence-corrected chi connectivity index (χ4v) is 2.93. The Morgan fingerprint density at radius 2 is 2.11 bits per heavy atom. The van der Waals surface area contributed by atoms with Crippen LogP contribution in [0.5, 0.6) is 0 Å². The van der Waals surface area contributed by atoms with E-state index in [1.54, 1.807) is 18.0 Å². The van der Waals surface area contributed by atoms with Crippen LogP contribution in [0.25, 0.3) is 0 Å². The quantitative estimate of drug-likeness (QED) is 0.925. The Balaban J connectivity index is 2.30. The maximum absolute atomic E-state index is 6.25. The van der Waals surface area contributed by atoms with Gasteiger partial charge in [0, 0.05) is 22.2 Å². The zero-order valence-electron chi connectivity index (χ0n) is 10.1. The summed E-state index contributed by atoms with van der Waals surface area (Å²) in [7, 11) is 0. The molecule has 4 heteroatoms. The maximum atomic E-state index is 6.25. The van der Waals surface area contributed by atoms with Gasteiger partial charge in [-0.05, 0) is 43.2 Å². The molecule has 1 aromatic heterocycles. The second-order valence-corrected chi connectivity index (χ2v) is 5.64. The van der Waals surface area contributed by atoms with Gasteiger partial charge in [0.25, 0.3) is 0 Å². The van der Waals surface area contributed by atoms with E-state index in [1.807, 2.05) is 37.3 Å². The SMILES string of the molecule is CC(N)Cc1c(Cl)cccc1Sc1ccccn1. The zero-order chi connectivity index (χ0) is 13.0. The Morgan fingerprint density at radius 3 is 2.78 bits per heavy atom. The molecule has 0 spiro atoms. The Bertz CT molecular complexity index is 514. The summed E-state index contributed by atoms with van der Waals surface area (Å²) >= 11 is 7.87. The van der Waals surface area contributed by atoms with Crippen molar-refractivity contribution in [3.63, 3.8) is 0 Å². The van der Waals surface area contributed by atoms with Gasteiger partial charge in [-0.3, -0.25) is 0 Å². The van der Waals surface area contributed by atoms with Crippen molar-refractivity contribution in [3.8, 4) is 0 Å². The van der Waals surface area contributed by atoms with Crippen LogP contribution in [0.15, 0.2) is 52.5 Å². The van der Waals surface area contributed by atoms with Gasteiger partial charge in [0.15, 0.2) is 0 Å². The summed E-state index contributed by atoms with van der Waals surface area (Å²) in [6.07, 6.45) is 2.56. The number of aromatic nitrogens is 1. The van der Waals surface area contributed by atoms with Crippen molar-refractivity contribution in [3.05, 3.63) is 53.2 Å². The van der Waals surface area contributed by atoms with E-state index in [2.05, 4.69) is 11.1 Å². The van der Waals surface area contributed by atoms with Crippen LogP contribution in [0.3, 0.4) is 0 Å². The Kier molecular flexibility index (Phi) is 4.64. The van der Waals surface area contributed by atoms with E-state index >= 15 is 0 Å². The van der Waals surface area contributed by atoms with Crippen LogP contribution in [-0.4, -0.2) is 11.0 Å². The highest BCUT2D eigenvalue weighted by atomic mass is 35.5. The number of nitrogens with two attached hydrogens (primary N) is 1. The van der Waals surface area contributed by atoms with Gasteiger partial charge in [0.05, 0.1) is 0 Å². The molecule has 2 N–H and O–H groups in total. The van der Waals surface area contributed by atoms with Crippen molar-refractivity contribution >= 4 is 23.4 Å². The number of hydrogen-bond donors (Lipinski definition) is 1. The lowest BCUT2D eigenvalue weighted by molar-refractivity contribution is 0.729. The maximum Gasteiger partial charge on any atom is 0.101 e. The third-order valence-corrected chi connectivity index (χ3v) is 3.86. The highest BCUT2D eigenvalue weighted by Gasteiger charge is 2.10. The topological polar surface area (TPSA) is 38.9 Å². The van der Waals surface area contributed by atoms with Crippen LogP contribution >= 0.6 is 23.4 Å². The largest absolute Gasteiger partial charge is 0.328 e. The fraction of sp³-hybridized carbons (Fsp3) is 0.214. The summed E-state index contributed by atoms with van der Waals surface area (Å²) in [5.74, 6) is 0. The van der Waals surface area contributed by atoms with Gasteiger partial charge in [0.1, 0.15) is 5.03 Å². The van der Waals surface area contributed by atoms with E-state index in [9.17, 15) is 0 Å². The lowest BCUT2D eigenvalue weighted by Gasteiger charge is -2.12. The molecule has 94 valence electrons. The first-order chi connectivity index (χ1) is 8.66. The van der Waals surface area contributed by atoms with Gasteiger partial charge < -0.3 is 5.73 Å². The van der Waals surface area contributed by atoms with Gasteiger partial charge >= 0.3 is 0 Å². The van der Waals surface area contributed by atoms with Crippen LogP contribution in [0.4, 0.5) is 0 Å². The molecule has 1 aromatic carbocycles. The van der Waals surface area contributed by atoms with Crippen LogP contribution in [0, 0.1) is 0 Å². The molecule has 0 bridgehead atoms. The van der Waals surface area contributed by atoms with Crippen molar-refractivity contribution in [2.75, 3.05) is 0 Å². The number of benzene rings is 1. The second kappa shape index (κ2) is 6.23. The van der Waals surface area contributed by atoms with Crippen molar-refractivity contribution in [2.24, 2.45) is 5.73 Å². The molecule has 2 nitrogen and oxygen atoms in total. The Hall–Kier alpha value is -1.03. The van der Waals surface area contributed by atoms with Crippen LogP contribution < -0.4 is 5.73 Å². The van der Waals surface area contributed by atoms with Crippen molar-refractivity contribution in [2.45, 2.75) is 29.3 Å². The summed E-state index contributed by atoms with van der Waals surface area (Å²) in [4.78, 5) is 5.44. The molecule has 2 aromatic rings. The van der Waals surface area contributed by atoms with Crippen molar-refractivity contribution < 1.29 is 0 Å². The molecule has 0 aliphatic rings. The molecule has 18 heavy (non-hydrogen) atoms. The molecular weight excluding hydrogens is 264 g/mol. The molecule has 0 fully saturated rings. The molecule has 1 unspecified atom stereocenters. The predicted molar refractivity (Wildman–Crippen MR) is 77.2 cm³/mol. The van der Waals surface area contributed by atoms with Gasteiger partial charge in [0.2, 0.25) is 0 Å². The third-order valence-electron chi connectivity index (χ3n) is 2.45. The molecule has 0 radical (unpaired) electrons. The minimum absolute atomic E-state index is 0.0907. The smallest absolute Gasteiger partial charge is 0.101 e. The molecule has 2 rings (SSSR count). The van der Waals surface area contributed by atoms with E-state index in [4.69, 9.17) is 17.3 Å². The van der Waals surface area contributed by atoms with E-state index in [0.717, 1.165) is 26.9 Å². The van der Waals surface area contributed by atoms with Gasteiger partial charge in [-0.15, -0.1) is 0 Å². The first-order valence-electron chi connectivity index (χ1n) is 5.78. The molecule has 1 heterocycles. The summed E-state index contributed by atoms with van der Waals surface area (Å²) in [6.45, 7) is 1.98. The Labute approximate surface area is 117 Å². The van der Waals surface area contributed by atoms with E-state index in [1.165, 1.54) is 0 Å². The fourth-order valence-electron chi connectivity index (χ4n) is 1.67. The molecule has 0 saturated carbocycles. The number of hydrogen-bond acceptors (Lipinski definition) is 3. The van der Waals surface area contributed by atoms with E-state index in [0.29, 0.717) is 0 Å². The van der Waals surface area contributed by atoms with E-state index in [-0.39, 0.29) is 6.04 Å². The number of nitrogens with zero attached hydrogens (tertiary/aromatic N) is 1. The van der Waals surface area contributed by atoms with Crippen molar-refractivity contribution in [1.82, 2.24) is 4.98 Å². The molecule has 0 saturated heterocycles. The van der Waals surface area contributed by atoms with Gasteiger partial charge in [-0.1, -0.05) is 35.5 Å². The first-order valence-corrected chi connectivity index (χ1v) is 6.98. The van der Waals surface area contributed by atoms with Crippen molar-refractivity contribution in [1.29, 1.82) is 0 Å². The zero-order valence-corrected chi connectivity index (χ0v) is 11.7. The van der Waals surface area contributed by atoms with Crippen LogP contribution in [-0.2, 0) is 6.42 Å². The second-order valence-electron chi connectivity index (χ2n) is 4.17. The molecule has 0 aliphatic heterocycles. The summed E-state index contributed by atoms with van der Waals surface area (Å²) in [5.41, 5.74) is 6.97. The Morgan fingerprint density at radius 1 is 1.28 bits per heavy atom.